The first kappa shape index (κ1) is 15.2. The summed E-state index contributed by atoms with van der Waals surface area (Å²) in [6, 6.07) is 7.47. The Labute approximate surface area is 127 Å². The Morgan fingerprint density at radius 2 is 2.00 bits per heavy atom. The molecule has 4 nitrogen and oxygen atoms in total. The lowest BCUT2D eigenvalue weighted by atomic mass is 10.1. The molecule has 1 N–H and O–H groups in total. The van der Waals surface area contributed by atoms with Crippen molar-refractivity contribution in [3.8, 4) is 0 Å². The highest BCUT2D eigenvalue weighted by atomic mass is 79.9. The Kier molecular flexibility index (Phi) is 5.73. The summed E-state index contributed by atoms with van der Waals surface area (Å²) in [5.74, 6) is 0.306. The van der Waals surface area contributed by atoms with Gasteiger partial charge in [0, 0.05) is 42.5 Å². The largest absolute Gasteiger partial charge is 0.355 e. The minimum absolute atomic E-state index is 0.124. The van der Waals surface area contributed by atoms with Gasteiger partial charge in [-0.1, -0.05) is 28.1 Å². The predicted molar refractivity (Wildman–Crippen MR) is 81.8 cm³/mol. The van der Waals surface area contributed by atoms with E-state index in [1.807, 2.05) is 24.3 Å². The summed E-state index contributed by atoms with van der Waals surface area (Å²) >= 11 is 3.36. The molecule has 1 aliphatic rings. The summed E-state index contributed by atoms with van der Waals surface area (Å²) in [5, 5.41) is 2.85. The van der Waals surface area contributed by atoms with Crippen molar-refractivity contribution in [2.24, 2.45) is 0 Å². The summed E-state index contributed by atoms with van der Waals surface area (Å²) < 4.78 is 0.982. The molecule has 1 fully saturated rings. The maximum absolute atomic E-state index is 12.0. The summed E-state index contributed by atoms with van der Waals surface area (Å²) in [6.07, 6.45) is 1.95. The fourth-order valence-electron chi connectivity index (χ4n) is 2.28. The van der Waals surface area contributed by atoms with Gasteiger partial charge in [-0.25, -0.2) is 0 Å². The zero-order valence-electron chi connectivity index (χ0n) is 11.4. The van der Waals surface area contributed by atoms with Gasteiger partial charge in [-0.05, 0) is 25.1 Å². The lowest BCUT2D eigenvalue weighted by Gasteiger charge is -2.18. The van der Waals surface area contributed by atoms with Crippen LogP contribution < -0.4 is 5.32 Å². The van der Waals surface area contributed by atoms with Crippen molar-refractivity contribution in [2.75, 3.05) is 26.2 Å². The first-order valence-corrected chi connectivity index (χ1v) is 7.72. The van der Waals surface area contributed by atoms with Gasteiger partial charge in [0.15, 0.2) is 5.78 Å². The maximum Gasteiger partial charge on any atom is 0.221 e. The molecular formula is C15H19BrN2O2. The Morgan fingerprint density at radius 3 is 2.75 bits per heavy atom. The van der Waals surface area contributed by atoms with E-state index in [9.17, 15) is 9.59 Å². The fraction of sp³-hybridized carbons (Fsp3) is 0.467. The number of carbonyl (C=O) groups excluding carboxylic acids is 2. The molecule has 2 rings (SSSR count). The van der Waals surface area contributed by atoms with Gasteiger partial charge >= 0.3 is 0 Å². The van der Waals surface area contributed by atoms with Crippen LogP contribution >= 0.6 is 15.9 Å². The first-order chi connectivity index (χ1) is 9.65. The highest BCUT2D eigenvalue weighted by molar-refractivity contribution is 9.10. The van der Waals surface area contributed by atoms with Crippen molar-refractivity contribution >= 4 is 27.6 Å². The average molecular weight is 339 g/mol. The number of hydrogen-bond acceptors (Lipinski definition) is 3. The van der Waals surface area contributed by atoms with Crippen LogP contribution in [0, 0.1) is 0 Å². The molecule has 5 heteroatoms. The number of hydrogen-bond donors (Lipinski definition) is 1. The van der Waals surface area contributed by atoms with Gasteiger partial charge in [0.25, 0.3) is 0 Å². The molecule has 0 aromatic heterocycles. The van der Waals surface area contributed by atoms with Crippen molar-refractivity contribution in [3.63, 3.8) is 0 Å². The van der Waals surface area contributed by atoms with Gasteiger partial charge in [0.05, 0.1) is 0 Å². The second-order valence-electron chi connectivity index (χ2n) is 4.98. The van der Waals surface area contributed by atoms with Crippen LogP contribution in [-0.4, -0.2) is 42.8 Å². The Bertz CT molecular complexity index is 473. The standard InChI is InChI=1S/C15H19BrN2O2/c16-13-5-3-12(4-6-13)14(19)2-1-9-18-10-7-15(20)17-8-11-18/h3-6H,1-2,7-11H2,(H,17,20). The minimum Gasteiger partial charge on any atom is -0.355 e. The van der Waals surface area contributed by atoms with Crippen molar-refractivity contribution in [1.29, 1.82) is 0 Å². The second-order valence-corrected chi connectivity index (χ2v) is 5.89. The molecule has 1 heterocycles. The quantitative estimate of drug-likeness (QED) is 0.837. The third-order valence-electron chi connectivity index (χ3n) is 3.45. The number of amides is 1. The van der Waals surface area contributed by atoms with E-state index in [4.69, 9.17) is 0 Å². The topological polar surface area (TPSA) is 49.4 Å². The first-order valence-electron chi connectivity index (χ1n) is 6.93. The van der Waals surface area contributed by atoms with Crippen LogP contribution in [0.1, 0.15) is 29.6 Å². The van der Waals surface area contributed by atoms with Crippen LogP contribution in [0.25, 0.3) is 0 Å². The van der Waals surface area contributed by atoms with Crippen LogP contribution in [0.5, 0.6) is 0 Å². The smallest absolute Gasteiger partial charge is 0.221 e. The maximum atomic E-state index is 12.0. The molecule has 0 spiro atoms. The van der Waals surface area contributed by atoms with Crippen molar-refractivity contribution in [2.45, 2.75) is 19.3 Å². The molecule has 1 aliphatic heterocycles. The molecule has 1 saturated heterocycles. The Balaban J connectivity index is 1.73. The molecule has 108 valence electrons. The van der Waals surface area contributed by atoms with Gasteiger partial charge in [-0.3, -0.25) is 9.59 Å². The van der Waals surface area contributed by atoms with Gasteiger partial charge in [-0.15, -0.1) is 0 Å². The van der Waals surface area contributed by atoms with E-state index in [2.05, 4.69) is 26.1 Å². The summed E-state index contributed by atoms with van der Waals surface area (Å²) in [4.78, 5) is 25.5. The number of ketones is 1. The fourth-order valence-corrected chi connectivity index (χ4v) is 2.54. The molecule has 0 atom stereocenters. The van der Waals surface area contributed by atoms with Crippen LogP contribution in [0.4, 0.5) is 0 Å². The van der Waals surface area contributed by atoms with Gasteiger partial charge in [0.1, 0.15) is 0 Å². The molecule has 0 radical (unpaired) electrons. The highest BCUT2D eigenvalue weighted by Crippen LogP contribution is 2.13. The second kappa shape index (κ2) is 7.55. The zero-order valence-corrected chi connectivity index (χ0v) is 13.0. The average Bonchev–Trinajstić information content (AvgIpc) is 2.64. The monoisotopic (exact) mass is 338 g/mol. The van der Waals surface area contributed by atoms with Crippen molar-refractivity contribution < 1.29 is 9.59 Å². The van der Waals surface area contributed by atoms with Gasteiger partial charge in [-0.2, -0.15) is 0 Å². The van der Waals surface area contributed by atoms with Crippen LogP contribution in [-0.2, 0) is 4.79 Å². The van der Waals surface area contributed by atoms with Gasteiger partial charge < -0.3 is 10.2 Å². The van der Waals surface area contributed by atoms with Gasteiger partial charge in [0.2, 0.25) is 5.91 Å². The SMILES string of the molecule is O=C1CCN(CCCC(=O)c2ccc(Br)cc2)CCN1. The molecular weight excluding hydrogens is 320 g/mol. The molecule has 0 unspecified atom stereocenters. The van der Waals surface area contributed by atoms with E-state index in [0.29, 0.717) is 19.4 Å². The summed E-state index contributed by atoms with van der Waals surface area (Å²) in [6.45, 7) is 3.24. The van der Waals surface area contributed by atoms with Crippen LogP contribution in [0.3, 0.4) is 0 Å². The summed E-state index contributed by atoms with van der Waals surface area (Å²) in [5.41, 5.74) is 0.765. The summed E-state index contributed by atoms with van der Waals surface area (Å²) in [7, 11) is 0. The number of rotatable bonds is 5. The lowest BCUT2D eigenvalue weighted by molar-refractivity contribution is -0.120. The normalized spacial score (nSPS) is 16.6. The molecule has 1 amide bonds. The van der Waals surface area contributed by atoms with Crippen molar-refractivity contribution in [1.82, 2.24) is 10.2 Å². The molecule has 1 aromatic rings. The van der Waals surface area contributed by atoms with E-state index in [1.54, 1.807) is 0 Å². The van der Waals surface area contributed by atoms with E-state index in [-0.39, 0.29) is 11.7 Å². The Hall–Kier alpha value is -1.20. The number of Topliss-reactive ketones (excluding diaryl/α,β-unsaturated/α-hetero) is 1. The molecule has 0 bridgehead atoms. The number of carbonyl (C=O) groups is 2. The van der Waals surface area contributed by atoms with Crippen LogP contribution in [0.15, 0.2) is 28.7 Å². The number of nitrogens with zero attached hydrogens (tertiary/aromatic N) is 1. The third-order valence-corrected chi connectivity index (χ3v) is 3.98. The molecule has 1 aromatic carbocycles. The molecule has 20 heavy (non-hydrogen) atoms. The van der Waals surface area contributed by atoms with E-state index in [0.717, 1.165) is 36.1 Å². The number of benzene rings is 1. The number of nitrogens with one attached hydrogen (secondary N) is 1. The molecule has 0 aliphatic carbocycles. The van der Waals surface area contributed by atoms with E-state index in [1.165, 1.54) is 0 Å². The van der Waals surface area contributed by atoms with Crippen LogP contribution in [0.2, 0.25) is 0 Å². The lowest BCUT2D eigenvalue weighted by Crippen LogP contribution is -2.29. The number of halogens is 1. The minimum atomic E-state index is 0.124. The third kappa shape index (κ3) is 4.72. The Morgan fingerprint density at radius 1 is 1.25 bits per heavy atom. The van der Waals surface area contributed by atoms with E-state index < -0.39 is 0 Å². The van der Waals surface area contributed by atoms with Crippen molar-refractivity contribution in [3.05, 3.63) is 34.3 Å². The zero-order chi connectivity index (χ0) is 14.4. The highest BCUT2D eigenvalue weighted by Gasteiger charge is 2.13. The predicted octanol–water partition coefficient (Wildman–Crippen LogP) is 2.23. The van der Waals surface area contributed by atoms with E-state index >= 15 is 0 Å². The molecule has 0 saturated carbocycles.